The predicted octanol–water partition coefficient (Wildman–Crippen LogP) is 1.24. The highest BCUT2D eigenvalue weighted by atomic mass is 127. The van der Waals surface area contributed by atoms with Crippen molar-refractivity contribution in [1.29, 1.82) is 0 Å². The van der Waals surface area contributed by atoms with Gasteiger partial charge in [0.25, 0.3) is 0 Å². The van der Waals surface area contributed by atoms with E-state index in [1.165, 1.54) is 0 Å². The predicted molar refractivity (Wildman–Crippen MR) is 84.4 cm³/mol. The molecule has 0 bridgehead atoms. The average molecular weight is 371 g/mol. The van der Waals surface area contributed by atoms with Gasteiger partial charge in [-0.15, -0.1) is 24.0 Å². The Kier molecular flexibility index (Phi) is 9.76. The van der Waals surface area contributed by atoms with E-state index in [0.717, 1.165) is 51.9 Å². The monoisotopic (exact) mass is 371 g/mol. The Labute approximate surface area is 127 Å². The first-order chi connectivity index (χ1) is 8.16. The van der Waals surface area contributed by atoms with Gasteiger partial charge in [0.2, 0.25) is 0 Å². The molecule has 0 saturated heterocycles. The zero-order chi connectivity index (χ0) is 12.6. The molecule has 0 aromatic heterocycles. The van der Waals surface area contributed by atoms with Gasteiger partial charge in [0.05, 0.1) is 12.1 Å². The molecule has 0 aromatic carbocycles. The minimum Gasteiger partial charge on any atom is -0.388 e. The van der Waals surface area contributed by atoms with Gasteiger partial charge in [-0.1, -0.05) is 12.8 Å². The second-order valence-corrected chi connectivity index (χ2v) is 4.61. The van der Waals surface area contributed by atoms with Crippen molar-refractivity contribution in [2.45, 2.75) is 44.6 Å². The van der Waals surface area contributed by atoms with E-state index >= 15 is 0 Å². The van der Waals surface area contributed by atoms with E-state index in [2.05, 4.69) is 10.3 Å². The van der Waals surface area contributed by atoms with Crippen LogP contribution in [0.3, 0.4) is 0 Å². The van der Waals surface area contributed by atoms with E-state index in [4.69, 9.17) is 10.5 Å². The maximum Gasteiger partial charge on any atom is 0.188 e. The first-order valence-electron chi connectivity index (χ1n) is 6.50. The molecule has 1 aliphatic rings. The first kappa shape index (κ1) is 17.9. The molecule has 6 heteroatoms. The van der Waals surface area contributed by atoms with Crippen molar-refractivity contribution in [3.8, 4) is 0 Å². The number of aliphatic hydroxyl groups is 1. The molecule has 0 spiro atoms. The second kappa shape index (κ2) is 9.80. The fraction of sp³-hybridized carbons (Fsp3) is 0.917. The Morgan fingerprint density at radius 2 is 2.11 bits per heavy atom. The van der Waals surface area contributed by atoms with E-state index < -0.39 is 5.60 Å². The van der Waals surface area contributed by atoms with Crippen LogP contribution in [-0.2, 0) is 4.74 Å². The van der Waals surface area contributed by atoms with Gasteiger partial charge in [0, 0.05) is 19.8 Å². The lowest BCUT2D eigenvalue weighted by Crippen LogP contribution is -2.36. The lowest BCUT2D eigenvalue weighted by molar-refractivity contribution is 0.0574. The van der Waals surface area contributed by atoms with Crippen LogP contribution in [0.5, 0.6) is 0 Å². The van der Waals surface area contributed by atoms with E-state index in [-0.39, 0.29) is 24.0 Å². The zero-order valence-corrected chi connectivity index (χ0v) is 13.5. The van der Waals surface area contributed by atoms with Crippen LogP contribution in [0.1, 0.15) is 39.0 Å². The van der Waals surface area contributed by atoms with Crippen molar-refractivity contribution in [3.63, 3.8) is 0 Å². The number of ether oxygens (including phenoxy) is 1. The van der Waals surface area contributed by atoms with E-state index in [1.807, 2.05) is 6.92 Å². The molecule has 5 nitrogen and oxygen atoms in total. The third kappa shape index (κ3) is 7.38. The summed E-state index contributed by atoms with van der Waals surface area (Å²) >= 11 is 0. The quantitative estimate of drug-likeness (QED) is 0.272. The van der Waals surface area contributed by atoms with Gasteiger partial charge in [0.1, 0.15) is 0 Å². The number of guanidine groups is 1. The maximum absolute atomic E-state index is 10.1. The molecule has 0 aromatic rings. The van der Waals surface area contributed by atoms with Crippen LogP contribution in [0.2, 0.25) is 0 Å². The molecule has 0 heterocycles. The second-order valence-electron chi connectivity index (χ2n) is 4.61. The molecule has 0 radical (unpaired) electrons. The molecule has 18 heavy (non-hydrogen) atoms. The summed E-state index contributed by atoms with van der Waals surface area (Å²) in [6.45, 7) is 4.63. The number of halogens is 1. The Morgan fingerprint density at radius 1 is 1.44 bits per heavy atom. The summed E-state index contributed by atoms with van der Waals surface area (Å²) in [5.74, 6) is 0.418. The highest BCUT2D eigenvalue weighted by molar-refractivity contribution is 14.0. The van der Waals surface area contributed by atoms with Crippen LogP contribution in [0, 0.1) is 0 Å². The first-order valence-corrected chi connectivity index (χ1v) is 6.50. The highest BCUT2D eigenvalue weighted by Crippen LogP contribution is 2.29. The van der Waals surface area contributed by atoms with Crippen molar-refractivity contribution < 1.29 is 9.84 Å². The Hall–Kier alpha value is -0.0800. The standard InChI is InChI=1S/C12H25N3O2.HI/c1-2-17-9-5-8-14-11(13)15-10-12(16)6-3-4-7-12;/h16H,2-10H2,1H3,(H3,13,14,15);1H. The van der Waals surface area contributed by atoms with Crippen molar-refractivity contribution in [3.05, 3.63) is 0 Å². The van der Waals surface area contributed by atoms with Gasteiger partial charge < -0.3 is 20.9 Å². The number of rotatable bonds is 7. The minimum atomic E-state index is -0.613. The third-order valence-electron chi connectivity index (χ3n) is 3.05. The lowest BCUT2D eigenvalue weighted by atomic mass is 10.0. The van der Waals surface area contributed by atoms with Crippen LogP contribution in [0.15, 0.2) is 4.99 Å². The Bertz CT molecular complexity index is 243. The summed E-state index contributed by atoms with van der Waals surface area (Å²) < 4.78 is 5.21. The maximum atomic E-state index is 10.1. The topological polar surface area (TPSA) is 79.9 Å². The summed E-state index contributed by atoms with van der Waals surface area (Å²) in [5.41, 5.74) is 5.10. The molecule has 0 atom stereocenters. The van der Waals surface area contributed by atoms with Crippen LogP contribution < -0.4 is 11.1 Å². The smallest absolute Gasteiger partial charge is 0.188 e. The van der Waals surface area contributed by atoms with Crippen LogP contribution in [-0.4, -0.2) is 43.0 Å². The lowest BCUT2D eigenvalue weighted by Gasteiger charge is -2.19. The molecule has 1 fully saturated rings. The van der Waals surface area contributed by atoms with Crippen molar-refractivity contribution in [2.75, 3.05) is 26.3 Å². The van der Waals surface area contributed by atoms with Gasteiger partial charge in [-0.05, 0) is 26.2 Å². The number of nitrogens with zero attached hydrogens (tertiary/aromatic N) is 1. The van der Waals surface area contributed by atoms with E-state index in [1.54, 1.807) is 0 Å². The summed E-state index contributed by atoms with van der Waals surface area (Å²) in [4.78, 5) is 4.19. The number of aliphatic imine (C=N–C) groups is 1. The molecule has 0 unspecified atom stereocenters. The normalized spacial score (nSPS) is 18.4. The van der Waals surface area contributed by atoms with E-state index in [9.17, 15) is 5.11 Å². The van der Waals surface area contributed by atoms with Crippen LogP contribution >= 0.6 is 24.0 Å². The molecular formula is C12H26IN3O2. The van der Waals surface area contributed by atoms with E-state index in [0.29, 0.717) is 12.5 Å². The SMILES string of the molecule is CCOCCCNC(N)=NCC1(O)CCCC1.I. The minimum absolute atomic E-state index is 0. The molecule has 1 rings (SSSR count). The van der Waals surface area contributed by atoms with Gasteiger partial charge in [-0.2, -0.15) is 0 Å². The molecule has 0 aliphatic heterocycles. The van der Waals surface area contributed by atoms with Gasteiger partial charge in [-0.25, -0.2) is 0 Å². The number of nitrogens with two attached hydrogens (primary N) is 1. The number of nitrogens with one attached hydrogen (secondary N) is 1. The molecular weight excluding hydrogens is 345 g/mol. The largest absolute Gasteiger partial charge is 0.388 e. The summed E-state index contributed by atoms with van der Waals surface area (Å²) in [6.07, 6.45) is 4.78. The van der Waals surface area contributed by atoms with Gasteiger partial charge >= 0.3 is 0 Å². The molecule has 1 aliphatic carbocycles. The third-order valence-corrected chi connectivity index (χ3v) is 3.05. The summed E-state index contributed by atoms with van der Waals surface area (Å²) in [6, 6.07) is 0. The molecule has 4 N–H and O–H groups in total. The fourth-order valence-electron chi connectivity index (χ4n) is 2.01. The summed E-state index contributed by atoms with van der Waals surface area (Å²) in [5, 5.41) is 13.1. The Morgan fingerprint density at radius 3 is 2.72 bits per heavy atom. The van der Waals surface area contributed by atoms with Gasteiger partial charge in [0.15, 0.2) is 5.96 Å². The van der Waals surface area contributed by atoms with Crippen molar-refractivity contribution in [1.82, 2.24) is 5.32 Å². The van der Waals surface area contributed by atoms with Crippen LogP contribution in [0.25, 0.3) is 0 Å². The van der Waals surface area contributed by atoms with Crippen molar-refractivity contribution in [2.24, 2.45) is 10.7 Å². The number of hydrogen-bond acceptors (Lipinski definition) is 3. The molecule has 0 amide bonds. The fourth-order valence-corrected chi connectivity index (χ4v) is 2.01. The highest BCUT2D eigenvalue weighted by Gasteiger charge is 2.30. The van der Waals surface area contributed by atoms with Crippen LogP contribution in [0.4, 0.5) is 0 Å². The van der Waals surface area contributed by atoms with Crippen molar-refractivity contribution >= 4 is 29.9 Å². The molecule has 108 valence electrons. The average Bonchev–Trinajstić information content (AvgIpc) is 2.74. The number of hydrogen-bond donors (Lipinski definition) is 3. The molecule has 1 saturated carbocycles. The summed E-state index contributed by atoms with van der Waals surface area (Å²) in [7, 11) is 0. The van der Waals surface area contributed by atoms with Gasteiger partial charge in [-0.3, -0.25) is 4.99 Å². The zero-order valence-electron chi connectivity index (χ0n) is 11.2. The Balaban J connectivity index is 0.00000289.